The van der Waals surface area contributed by atoms with E-state index in [4.69, 9.17) is 0 Å². The molecule has 1 atom stereocenters. The monoisotopic (exact) mass is 374 g/mol. The Morgan fingerprint density at radius 3 is 2.52 bits per heavy atom. The number of alkyl halides is 2. The van der Waals surface area contributed by atoms with Crippen molar-refractivity contribution in [2.45, 2.75) is 18.8 Å². The van der Waals surface area contributed by atoms with Crippen LogP contribution in [-0.2, 0) is 10.2 Å². The molecule has 0 aliphatic carbocycles. The van der Waals surface area contributed by atoms with Crippen LogP contribution in [0.4, 0.5) is 8.78 Å². The Labute approximate surface area is 152 Å². The Bertz CT molecular complexity index is 991. The second-order valence-electron chi connectivity index (χ2n) is 6.19. The van der Waals surface area contributed by atoms with Crippen molar-refractivity contribution >= 4 is 17.5 Å². The largest absolute Gasteiger partial charge is 0.481 e. The first-order valence-corrected chi connectivity index (χ1v) is 8.03. The molecule has 1 unspecified atom stereocenters. The summed E-state index contributed by atoms with van der Waals surface area (Å²) in [5.74, 6) is -2.25. The highest BCUT2D eigenvalue weighted by Crippen LogP contribution is 2.23. The van der Waals surface area contributed by atoms with Crippen molar-refractivity contribution < 1.29 is 23.5 Å². The summed E-state index contributed by atoms with van der Waals surface area (Å²) in [6, 6.07) is 11.3. The standard InChI is InChI=1S/C18H16F2N4O3/c1-18(17(26)27,12-5-3-2-4-6-12)10-21-16(25)11-7-8-13-22-23-15(14(19)20)24(13)9-11/h2-9,14H,10H2,1H3,(H,21,25)(H,26,27). The summed E-state index contributed by atoms with van der Waals surface area (Å²) in [6.45, 7) is 1.33. The molecular weight excluding hydrogens is 358 g/mol. The molecule has 0 bridgehead atoms. The molecule has 0 saturated carbocycles. The Hall–Kier alpha value is -3.36. The normalized spacial score (nSPS) is 13.5. The number of pyridine rings is 1. The molecule has 2 aromatic heterocycles. The van der Waals surface area contributed by atoms with Gasteiger partial charge in [0.05, 0.1) is 5.56 Å². The number of hydrogen-bond acceptors (Lipinski definition) is 4. The van der Waals surface area contributed by atoms with Crippen LogP contribution in [0.15, 0.2) is 48.7 Å². The molecule has 7 nitrogen and oxygen atoms in total. The highest BCUT2D eigenvalue weighted by atomic mass is 19.3. The number of amides is 1. The number of carboxylic acid groups (broad SMARTS) is 1. The number of aromatic nitrogens is 3. The molecule has 0 spiro atoms. The minimum atomic E-state index is -2.84. The molecule has 0 radical (unpaired) electrons. The molecule has 0 saturated heterocycles. The Balaban J connectivity index is 1.83. The molecule has 140 valence electrons. The number of nitrogens with one attached hydrogen (secondary N) is 1. The van der Waals surface area contributed by atoms with E-state index >= 15 is 0 Å². The number of benzene rings is 1. The first-order valence-electron chi connectivity index (χ1n) is 8.03. The Kier molecular flexibility index (Phi) is 4.85. The number of fused-ring (bicyclic) bond motifs is 1. The average Bonchev–Trinajstić information content (AvgIpc) is 3.09. The Morgan fingerprint density at radius 1 is 1.19 bits per heavy atom. The van der Waals surface area contributed by atoms with Crippen LogP contribution in [0.3, 0.4) is 0 Å². The lowest BCUT2D eigenvalue weighted by atomic mass is 9.82. The summed E-state index contributed by atoms with van der Waals surface area (Å²) in [6.07, 6.45) is -1.64. The van der Waals surface area contributed by atoms with E-state index in [-0.39, 0.29) is 17.8 Å². The minimum absolute atomic E-state index is 0.0880. The van der Waals surface area contributed by atoms with Crippen LogP contribution < -0.4 is 5.32 Å². The van der Waals surface area contributed by atoms with E-state index in [1.54, 1.807) is 30.3 Å². The van der Waals surface area contributed by atoms with Gasteiger partial charge in [0.25, 0.3) is 12.3 Å². The van der Waals surface area contributed by atoms with Gasteiger partial charge in [0.15, 0.2) is 5.65 Å². The molecule has 2 heterocycles. The summed E-state index contributed by atoms with van der Waals surface area (Å²) >= 11 is 0. The molecule has 27 heavy (non-hydrogen) atoms. The minimum Gasteiger partial charge on any atom is -0.481 e. The lowest BCUT2D eigenvalue weighted by Gasteiger charge is -2.25. The van der Waals surface area contributed by atoms with Crippen LogP contribution in [0.1, 0.15) is 35.1 Å². The predicted molar refractivity (Wildman–Crippen MR) is 91.7 cm³/mol. The summed E-state index contributed by atoms with van der Waals surface area (Å²) in [4.78, 5) is 24.2. The van der Waals surface area contributed by atoms with Crippen molar-refractivity contribution in [2.24, 2.45) is 0 Å². The second-order valence-corrected chi connectivity index (χ2v) is 6.19. The number of rotatable bonds is 6. The second kappa shape index (κ2) is 7.10. The third-order valence-electron chi connectivity index (χ3n) is 4.37. The lowest BCUT2D eigenvalue weighted by molar-refractivity contribution is -0.142. The van der Waals surface area contributed by atoms with Crippen molar-refractivity contribution in [2.75, 3.05) is 6.54 Å². The quantitative estimate of drug-likeness (QED) is 0.691. The molecule has 1 aromatic carbocycles. The number of carboxylic acids is 1. The molecule has 9 heteroatoms. The van der Waals surface area contributed by atoms with Crippen molar-refractivity contribution in [1.29, 1.82) is 0 Å². The van der Waals surface area contributed by atoms with E-state index in [2.05, 4.69) is 15.5 Å². The van der Waals surface area contributed by atoms with E-state index in [0.717, 1.165) is 4.40 Å². The number of nitrogens with zero attached hydrogens (tertiary/aromatic N) is 3. The number of halogens is 2. The van der Waals surface area contributed by atoms with Crippen molar-refractivity contribution in [1.82, 2.24) is 19.9 Å². The van der Waals surface area contributed by atoms with Gasteiger partial charge in [-0.3, -0.25) is 14.0 Å². The van der Waals surface area contributed by atoms with E-state index in [1.807, 2.05) is 0 Å². The predicted octanol–water partition coefficient (Wildman–Crippen LogP) is 2.44. The third-order valence-corrected chi connectivity index (χ3v) is 4.37. The van der Waals surface area contributed by atoms with Crippen molar-refractivity contribution in [3.8, 4) is 0 Å². The highest BCUT2D eigenvalue weighted by Gasteiger charge is 2.35. The number of hydrogen-bond donors (Lipinski definition) is 2. The van der Waals surface area contributed by atoms with Crippen LogP contribution >= 0.6 is 0 Å². The van der Waals surface area contributed by atoms with Gasteiger partial charge in [-0.1, -0.05) is 30.3 Å². The van der Waals surface area contributed by atoms with Crippen LogP contribution in [0.25, 0.3) is 5.65 Å². The Morgan fingerprint density at radius 2 is 1.89 bits per heavy atom. The summed E-state index contributed by atoms with van der Waals surface area (Å²) < 4.78 is 26.9. The van der Waals surface area contributed by atoms with Crippen molar-refractivity contribution in [3.05, 3.63) is 65.6 Å². The zero-order chi connectivity index (χ0) is 19.6. The van der Waals surface area contributed by atoms with Crippen LogP contribution in [0, 0.1) is 0 Å². The smallest absolute Gasteiger partial charge is 0.315 e. The zero-order valence-corrected chi connectivity index (χ0v) is 14.3. The van der Waals surface area contributed by atoms with Gasteiger partial charge >= 0.3 is 5.97 Å². The third kappa shape index (κ3) is 3.48. The van der Waals surface area contributed by atoms with E-state index in [0.29, 0.717) is 5.56 Å². The fourth-order valence-corrected chi connectivity index (χ4v) is 2.66. The maximum Gasteiger partial charge on any atom is 0.315 e. The van der Waals surface area contributed by atoms with Gasteiger partial charge in [0.1, 0.15) is 5.41 Å². The van der Waals surface area contributed by atoms with E-state index < -0.39 is 29.5 Å². The molecule has 3 rings (SSSR count). The van der Waals surface area contributed by atoms with Gasteiger partial charge < -0.3 is 10.4 Å². The average molecular weight is 374 g/mol. The first-order chi connectivity index (χ1) is 12.8. The van der Waals surface area contributed by atoms with Crippen LogP contribution in [0.5, 0.6) is 0 Å². The van der Waals surface area contributed by atoms with E-state index in [1.165, 1.54) is 25.3 Å². The molecule has 2 N–H and O–H groups in total. The zero-order valence-electron chi connectivity index (χ0n) is 14.3. The van der Waals surface area contributed by atoms with E-state index in [9.17, 15) is 23.5 Å². The summed E-state index contributed by atoms with van der Waals surface area (Å²) in [5.41, 5.74) is -0.537. The molecule has 1 amide bonds. The summed E-state index contributed by atoms with van der Waals surface area (Å²) in [5, 5.41) is 19.2. The fraction of sp³-hybridized carbons (Fsp3) is 0.222. The SMILES string of the molecule is CC(CNC(=O)c1ccc2nnc(C(F)F)n2c1)(C(=O)O)c1ccccc1. The topological polar surface area (TPSA) is 96.6 Å². The fourth-order valence-electron chi connectivity index (χ4n) is 2.66. The molecular formula is C18H16F2N4O3. The molecule has 0 aliphatic heterocycles. The van der Waals surface area contributed by atoms with Gasteiger partial charge in [-0.05, 0) is 24.6 Å². The van der Waals surface area contributed by atoms with Gasteiger partial charge in [-0.15, -0.1) is 10.2 Å². The number of carbonyl (C=O) groups is 2. The van der Waals surface area contributed by atoms with Crippen LogP contribution in [0.2, 0.25) is 0 Å². The first kappa shape index (κ1) is 18.4. The molecule has 0 aliphatic rings. The summed E-state index contributed by atoms with van der Waals surface area (Å²) in [7, 11) is 0. The number of carbonyl (C=O) groups excluding carboxylic acids is 1. The maximum absolute atomic E-state index is 13.0. The lowest BCUT2D eigenvalue weighted by Crippen LogP contribution is -2.44. The van der Waals surface area contributed by atoms with Gasteiger partial charge in [-0.25, -0.2) is 8.78 Å². The van der Waals surface area contributed by atoms with Gasteiger partial charge in [-0.2, -0.15) is 0 Å². The molecule has 0 fully saturated rings. The van der Waals surface area contributed by atoms with Crippen molar-refractivity contribution in [3.63, 3.8) is 0 Å². The maximum atomic E-state index is 13.0. The van der Waals surface area contributed by atoms with Gasteiger partial charge in [0.2, 0.25) is 5.82 Å². The van der Waals surface area contributed by atoms with Crippen LogP contribution in [-0.4, -0.2) is 38.1 Å². The highest BCUT2D eigenvalue weighted by molar-refractivity contribution is 5.95. The molecule has 3 aromatic rings. The van der Waals surface area contributed by atoms with Gasteiger partial charge in [0, 0.05) is 12.7 Å². The number of aliphatic carboxylic acids is 1.